The molecular formula is C23H40BCl2LiN3O10. The van der Waals surface area contributed by atoms with E-state index in [1.807, 2.05) is 0 Å². The first-order chi connectivity index (χ1) is 16.7. The van der Waals surface area contributed by atoms with Crippen molar-refractivity contribution in [3.63, 3.8) is 0 Å². The number of carboxylic acid groups (broad SMARTS) is 1. The van der Waals surface area contributed by atoms with Gasteiger partial charge in [-0.15, -0.1) is 12.4 Å². The van der Waals surface area contributed by atoms with Crippen molar-refractivity contribution in [3.05, 3.63) is 0 Å². The van der Waals surface area contributed by atoms with E-state index in [0.717, 1.165) is 38.5 Å². The molecule has 3 aliphatic carbocycles. The van der Waals surface area contributed by atoms with E-state index in [1.54, 1.807) is 13.8 Å². The van der Waals surface area contributed by atoms with E-state index in [4.69, 9.17) is 22.4 Å². The first-order valence-electron chi connectivity index (χ1n) is 11.7. The van der Waals surface area contributed by atoms with Gasteiger partial charge in [0.25, 0.3) is 0 Å². The molecule has 3 aliphatic rings. The molecule has 6 N–H and O–H groups in total. The molecule has 225 valence electrons. The molecule has 0 aromatic carbocycles. The Bertz CT molecular complexity index is 799. The summed E-state index contributed by atoms with van der Waals surface area (Å²) in [5, 5.41) is 13.2. The molecule has 0 bridgehead atoms. The molecule has 13 nitrogen and oxygen atoms in total. The standard InChI is InChI=1S/C8H13NO3.C7H11NO3.C4H5ClO.C4H9NO2.B.ClH.Li.H2O/c1-5(8(11)12-2)9-7(10)6-3-4-6;1-4(7(10)11)8-6(9)5-2-3-5;5-4(6)3-1-2-3;1-3(5)4(6)7-2;;;;/h5-6H,3-4H2,1-2H3,(H,9,10);4-5H,2-3H2,1H3,(H,8,9)(H,10,11);3H,1-2H2;3H,5H2,1-2H3;;1H;;1H2/q;;;;;;+1;/p-1/t5-;4-;;3-;;;;/m00.0..../s1. The number of amides is 2. The first kappa shape index (κ1) is 47.9. The third-order valence-electron chi connectivity index (χ3n) is 5.01. The van der Waals surface area contributed by atoms with Crippen LogP contribution < -0.4 is 35.2 Å². The van der Waals surface area contributed by atoms with Gasteiger partial charge >= 0.3 is 36.8 Å². The summed E-state index contributed by atoms with van der Waals surface area (Å²) < 4.78 is 8.71. The van der Waals surface area contributed by atoms with Crippen LogP contribution >= 0.6 is 24.0 Å². The van der Waals surface area contributed by atoms with Crippen molar-refractivity contribution in [3.8, 4) is 0 Å². The van der Waals surface area contributed by atoms with Gasteiger partial charge in [0.05, 0.1) is 14.2 Å². The summed E-state index contributed by atoms with van der Waals surface area (Å²) in [5.74, 6) is -1.48. The van der Waals surface area contributed by atoms with Crippen LogP contribution in [0, 0.1) is 17.8 Å². The molecular weight excluding hydrogens is 567 g/mol. The molecule has 2 amide bonds. The van der Waals surface area contributed by atoms with Crippen LogP contribution in [-0.4, -0.2) is 86.3 Å². The number of methoxy groups -OCH3 is 2. The van der Waals surface area contributed by atoms with Gasteiger partial charge in [-0.1, -0.05) is 0 Å². The normalized spacial score (nSPS) is 16.1. The van der Waals surface area contributed by atoms with Crippen molar-refractivity contribution in [2.24, 2.45) is 23.5 Å². The van der Waals surface area contributed by atoms with Gasteiger partial charge in [0.15, 0.2) is 0 Å². The maximum absolute atomic E-state index is 11.1. The molecule has 3 fully saturated rings. The van der Waals surface area contributed by atoms with Crippen molar-refractivity contribution in [2.75, 3.05) is 14.2 Å². The minimum Gasteiger partial charge on any atom is -0.870 e. The van der Waals surface area contributed by atoms with Gasteiger partial charge in [0.1, 0.15) is 18.1 Å². The fourth-order valence-corrected chi connectivity index (χ4v) is 2.37. The van der Waals surface area contributed by atoms with Gasteiger partial charge in [-0.3, -0.25) is 24.0 Å². The molecule has 0 spiro atoms. The smallest absolute Gasteiger partial charge is 0.870 e. The Morgan fingerprint density at radius 1 is 0.775 bits per heavy atom. The molecule has 3 saturated carbocycles. The van der Waals surface area contributed by atoms with Crippen LogP contribution in [0.2, 0.25) is 0 Å². The van der Waals surface area contributed by atoms with Crippen molar-refractivity contribution in [1.29, 1.82) is 0 Å². The molecule has 40 heavy (non-hydrogen) atoms. The number of rotatable bonds is 8. The summed E-state index contributed by atoms with van der Waals surface area (Å²) in [7, 11) is 2.62. The Balaban J connectivity index is -0.000000136. The van der Waals surface area contributed by atoms with Crippen LogP contribution in [0.4, 0.5) is 0 Å². The average Bonchev–Trinajstić information content (AvgIpc) is 3.70. The van der Waals surface area contributed by atoms with Crippen molar-refractivity contribution in [1.82, 2.24) is 10.6 Å². The fourth-order valence-electron chi connectivity index (χ4n) is 2.15. The number of hydrogen-bond acceptors (Lipinski definition) is 10. The van der Waals surface area contributed by atoms with E-state index in [-0.39, 0.29) is 85.9 Å². The minimum absolute atomic E-state index is 0. The summed E-state index contributed by atoms with van der Waals surface area (Å²) in [5.41, 5.74) is 5.07. The summed E-state index contributed by atoms with van der Waals surface area (Å²) in [4.78, 5) is 63.3. The summed E-state index contributed by atoms with van der Waals surface area (Å²) in [6, 6.07) is -1.78. The molecule has 17 heteroatoms. The van der Waals surface area contributed by atoms with Crippen LogP contribution in [0.1, 0.15) is 59.3 Å². The van der Waals surface area contributed by atoms with E-state index >= 15 is 0 Å². The molecule has 3 atom stereocenters. The van der Waals surface area contributed by atoms with E-state index < -0.39 is 30.1 Å². The second-order valence-corrected chi connectivity index (χ2v) is 9.13. The van der Waals surface area contributed by atoms with Crippen molar-refractivity contribution >= 4 is 67.4 Å². The minimum atomic E-state index is -0.987. The van der Waals surface area contributed by atoms with Crippen LogP contribution in [0.25, 0.3) is 0 Å². The first-order valence-corrected chi connectivity index (χ1v) is 12.1. The Morgan fingerprint density at radius 3 is 1.27 bits per heavy atom. The maximum Gasteiger partial charge on any atom is 1.00 e. The van der Waals surface area contributed by atoms with E-state index in [9.17, 15) is 28.8 Å². The zero-order chi connectivity index (χ0) is 28.0. The van der Waals surface area contributed by atoms with E-state index in [0.29, 0.717) is 0 Å². The number of carbonyl (C=O) groups is 6. The molecule has 0 aromatic rings. The summed E-state index contributed by atoms with van der Waals surface area (Å²) in [6.45, 7) is 4.65. The number of halogens is 2. The van der Waals surface area contributed by atoms with Crippen LogP contribution in [0.15, 0.2) is 0 Å². The average molecular weight is 607 g/mol. The zero-order valence-corrected chi connectivity index (χ0v) is 25.4. The van der Waals surface area contributed by atoms with Crippen molar-refractivity contribution in [2.45, 2.75) is 77.4 Å². The number of carbonyl (C=O) groups excluding carboxylic acids is 5. The third-order valence-corrected chi connectivity index (χ3v) is 5.32. The second kappa shape index (κ2) is 24.9. The Kier molecular flexibility index (Phi) is 29.9. The zero-order valence-electron chi connectivity index (χ0n) is 23.8. The number of nitrogens with two attached hydrogens (primary N) is 1. The Morgan fingerprint density at radius 2 is 1.10 bits per heavy atom. The monoisotopic (exact) mass is 606 g/mol. The van der Waals surface area contributed by atoms with Gasteiger partial charge in [-0.25, -0.2) is 4.79 Å². The number of carboxylic acids is 1. The fraction of sp³-hybridized carbons (Fsp3) is 0.739. The van der Waals surface area contributed by atoms with Gasteiger partial charge in [0, 0.05) is 26.2 Å². The molecule has 0 aliphatic heterocycles. The van der Waals surface area contributed by atoms with Crippen LogP contribution in [-0.2, 0) is 38.2 Å². The van der Waals surface area contributed by atoms with Gasteiger partial charge in [0.2, 0.25) is 17.1 Å². The topological polar surface area (TPSA) is 221 Å². The molecule has 0 saturated heterocycles. The summed E-state index contributed by atoms with van der Waals surface area (Å²) >= 11 is 5.04. The number of esters is 2. The predicted octanol–water partition coefficient (Wildman–Crippen LogP) is -2.40. The molecule has 3 radical (unpaired) electrons. The molecule has 0 aromatic heterocycles. The molecule has 3 rings (SSSR count). The molecule has 0 unspecified atom stereocenters. The third kappa shape index (κ3) is 24.0. The quantitative estimate of drug-likeness (QED) is 0.129. The largest absolute Gasteiger partial charge is 1.00 e. The number of ether oxygens (including phenoxy) is 2. The Labute approximate surface area is 260 Å². The predicted molar refractivity (Wildman–Crippen MR) is 144 cm³/mol. The van der Waals surface area contributed by atoms with Gasteiger partial charge < -0.3 is 36.4 Å². The van der Waals surface area contributed by atoms with Crippen LogP contribution in [0.5, 0.6) is 0 Å². The second-order valence-electron chi connectivity index (χ2n) is 8.76. The van der Waals surface area contributed by atoms with Gasteiger partial charge in [-0.2, -0.15) is 0 Å². The van der Waals surface area contributed by atoms with E-state index in [1.165, 1.54) is 21.1 Å². The molecule has 0 heterocycles. The maximum atomic E-state index is 11.1. The Hall–Kier alpha value is -1.82. The number of nitrogens with one attached hydrogen (secondary N) is 2. The van der Waals surface area contributed by atoms with Gasteiger partial charge in [-0.05, 0) is 70.9 Å². The summed E-state index contributed by atoms with van der Waals surface area (Å²) in [6.07, 6.45) is 5.72. The number of aliphatic carboxylic acids is 1. The number of hydrogen-bond donors (Lipinski definition) is 4. The van der Waals surface area contributed by atoms with Crippen LogP contribution in [0.3, 0.4) is 0 Å². The van der Waals surface area contributed by atoms with Crippen molar-refractivity contribution < 1.29 is 67.7 Å². The SMILES string of the molecule is COC(=O)[C@H](C)N.COC(=O)[C@H](C)NC(=O)C1CC1.C[C@H](NC(=O)C1CC1)C(=O)O.Cl.O=C(Cl)C1CC1.[B].[Li+].[OH-]. The van der Waals surface area contributed by atoms with E-state index in [2.05, 4.69) is 20.1 Å².